The van der Waals surface area contributed by atoms with Crippen molar-refractivity contribution in [1.82, 2.24) is 10.2 Å². The van der Waals surface area contributed by atoms with E-state index in [-0.39, 0.29) is 0 Å². The summed E-state index contributed by atoms with van der Waals surface area (Å²) in [5.41, 5.74) is 2.52. The maximum Gasteiger partial charge on any atom is 0.335 e. The molecule has 0 aliphatic carbocycles. The van der Waals surface area contributed by atoms with E-state index in [0.717, 1.165) is 49.9 Å². The summed E-state index contributed by atoms with van der Waals surface area (Å²) in [5.74, 6) is -0.885. The number of hydrogen-bond donors (Lipinski definition) is 2. The Morgan fingerprint density at radius 2 is 1.85 bits per heavy atom. The Bertz CT molecular complexity index is 745. The molecule has 0 saturated carbocycles. The molecule has 5 nitrogen and oxygen atoms in total. The minimum atomic E-state index is -0.885. The van der Waals surface area contributed by atoms with Gasteiger partial charge in [-0.1, -0.05) is 29.8 Å². The van der Waals surface area contributed by atoms with E-state index >= 15 is 0 Å². The van der Waals surface area contributed by atoms with Crippen molar-refractivity contribution in [2.75, 3.05) is 44.2 Å². The molecule has 0 spiro atoms. The van der Waals surface area contributed by atoms with Crippen LogP contribution in [-0.2, 0) is 6.54 Å². The van der Waals surface area contributed by atoms with Crippen LogP contribution in [0.15, 0.2) is 48.5 Å². The van der Waals surface area contributed by atoms with Gasteiger partial charge in [0.05, 0.1) is 5.56 Å². The summed E-state index contributed by atoms with van der Waals surface area (Å²) in [6, 6.07) is 15.1. The van der Waals surface area contributed by atoms with Crippen LogP contribution >= 0.6 is 11.6 Å². The lowest BCUT2D eigenvalue weighted by atomic mass is 10.1. The normalized spacial score (nSPS) is 15.2. The molecule has 1 saturated heterocycles. The highest BCUT2D eigenvalue weighted by Crippen LogP contribution is 2.20. The lowest BCUT2D eigenvalue weighted by Gasteiger charge is -2.36. The summed E-state index contributed by atoms with van der Waals surface area (Å²) in [7, 11) is 0. The van der Waals surface area contributed by atoms with Gasteiger partial charge in [-0.05, 0) is 35.9 Å². The van der Waals surface area contributed by atoms with E-state index in [1.807, 2.05) is 24.3 Å². The van der Waals surface area contributed by atoms with Gasteiger partial charge in [0.1, 0.15) is 0 Å². The number of carboxylic acid groups (broad SMARTS) is 1. The average Bonchev–Trinajstić information content (AvgIpc) is 2.66. The third-order valence-corrected chi connectivity index (χ3v) is 4.89. The number of hydrogen-bond acceptors (Lipinski definition) is 4. The molecule has 2 aromatic rings. The molecular weight excluding hydrogens is 350 g/mol. The van der Waals surface area contributed by atoms with Gasteiger partial charge in [-0.25, -0.2) is 4.79 Å². The molecule has 2 N–H and O–H groups in total. The van der Waals surface area contributed by atoms with E-state index in [0.29, 0.717) is 12.1 Å². The molecule has 0 atom stereocenters. The highest BCUT2D eigenvalue weighted by molar-refractivity contribution is 6.30. The van der Waals surface area contributed by atoms with Crippen molar-refractivity contribution >= 4 is 23.3 Å². The second-order valence-electron chi connectivity index (χ2n) is 6.49. The second-order valence-corrected chi connectivity index (χ2v) is 6.93. The number of nitrogens with zero attached hydrogens (tertiary/aromatic N) is 2. The highest BCUT2D eigenvalue weighted by Gasteiger charge is 2.16. The van der Waals surface area contributed by atoms with Gasteiger partial charge in [-0.3, -0.25) is 4.90 Å². The fraction of sp³-hybridized carbons (Fsp3) is 0.350. The maximum atomic E-state index is 11.0. The monoisotopic (exact) mass is 373 g/mol. The first-order valence-electron chi connectivity index (χ1n) is 8.87. The third-order valence-electron chi connectivity index (χ3n) is 4.65. The number of rotatable bonds is 7. The number of anilines is 1. The second kappa shape index (κ2) is 9.03. The zero-order valence-electron chi connectivity index (χ0n) is 14.7. The minimum Gasteiger partial charge on any atom is -0.478 e. The molecule has 0 amide bonds. The van der Waals surface area contributed by atoms with Crippen LogP contribution in [0.25, 0.3) is 0 Å². The van der Waals surface area contributed by atoms with Crippen molar-refractivity contribution in [2.45, 2.75) is 6.54 Å². The Morgan fingerprint density at radius 3 is 2.58 bits per heavy atom. The number of piperazine rings is 1. The van der Waals surface area contributed by atoms with Gasteiger partial charge >= 0.3 is 5.97 Å². The molecule has 0 aromatic heterocycles. The van der Waals surface area contributed by atoms with Crippen LogP contribution < -0.4 is 10.2 Å². The van der Waals surface area contributed by atoms with Crippen LogP contribution in [-0.4, -0.2) is 55.2 Å². The van der Waals surface area contributed by atoms with Crippen LogP contribution in [0.4, 0.5) is 5.69 Å². The first kappa shape index (κ1) is 18.7. The van der Waals surface area contributed by atoms with Gasteiger partial charge < -0.3 is 15.3 Å². The summed E-state index contributed by atoms with van der Waals surface area (Å²) < 4.78 is 0. The van der Waals surface area contributed by atoms with Crippen LogP contribution in [0.3, 0.4) is 0 Å². The summed E-state index contributed by atoms with van der Waals surface area (Å²) >= 11 is 6.08. The van der Waals surface area contributed by atoms with Crippen molar-refractivity contribution < 1.29 is 9.90 Å². The number of aromatic carboxylic acids is 1. The zero-order valence-corrected chi connectivity index (χ0v) is 15.5. The molecule has 1 fully saturated rings. The van der Waals surface area contributed by atoms with E-state index in [4.69, 9.17) is 16.7 Å². The topological polar surface area (TPSA) is 55.8 Å². The van der Waals surface area contributed by atoms with Crippen LogP contribution in [0.5, 0.6) is 0 Å². The largest absolute Gasteiger partial charge is 0.478 e. The van der Waals surface area contributed by atoms with Gasteiger partial charge in [-0.2, -0.15) is 0 Å². The molecule has 1 aliphatic rings. The van der Waals surface area contributed by atoms with Gasteiger partial charge in [0.15, 0.2) is 0 Å². The zero-order chi connectivity index (χ0) is 18.4. The molecular formula is C20H24ClN3O2. The lowest BCUT2D eigenvalue weighted by molar-refractivity contribution is 0.0696. The average molecular weight is 374 g/mol. The summed E-state index contributed by atoms with van der Waals surface area (Å²) in [4.78, 5) is 15.8. The Balaban J connectivity index is 1.38. The van der Waals surface area contributed by atoms with Crippen molar-refractivity contribution in [3.63, 3.8) is 0 Å². The van der Waals surface area contributed by atoms with Crippen LogP contribution in [0.2, 0.25) is 5.02 Å². The molecule has 138 valence electrons. The highest BCUT2D eigenvalue weighted by atomic mass is 35.5. The molecule has 0 radical (unpaired) electrons. The molecule has 2 aromatic carbocycles. The van der Waals surface area contributed by atoms with Crippen LogP contribution in [0, 0.1) is 0 Å². The number of carbonyl (C=O) groups is 1. The van der Waals surface area contributed by atoms with E-state index < -0.39 is 5.97 Å². The van der Waals surface area contributed by atoms with E-state index in [2.05, 4.69) is 21.2 Å². The predicted octanol–water partition coefficient (Wildman–Crippen LogP) is 2.95. The predicted molar refractivity (Wildman–Crippen MR) is 105 cm³/mol. The number of nitrogens with one attached hydrogen (secondary N) is 1. The molecule has 3 rings (SSSR count). The van der Waals surface area contributed by atoms with Crippen molar-refractivity contribution in [1.29, 1.82) is 0 Å². The Labute approximate surface area is 159 Å². The maximum absolute atomic E-state index is 11.0. The van der Waals surface area contributed by atoms with Crippen LogP contribution in [0.1, 0.15) is 15.9 Å². The minimum absolute atomic E-state index is 0.335. The van der Waals surface area contributed by atoms with Gasteiger partial charge in [0, 0.05) is 56.5 Å². The fourth-order valence-corrected chi connectivity index (χ4v) is 3.37. The Hall–Kier alpha value is -2.08. The molecule has 0 unspecified atom stereocenters. The SMILES string of the molecule is O=C(O)c1cccc(CNCCN2CCN(c3cccc(Cl)c3)CC2)c1. The van der Waals surface area contributed by atoms with Crippen molar-refractivity contribution in [3.8, 4) is 0 Å². The standard InChI is InChI=1S/C20H24ClN3O2/c21-18-5-2-6-19(14-18)24-11-9-23(10-12-24)8-7-22-15-16-3-1-4-17(13-16)20(25)26/h1-6,13-14,22H,7-12,15H2,(H,25,26). The van der Waals surface area contributed by atoms with E-state index in [1.54, 1.807) is 18.2 Å². The molecule has 1 aliphatic heterocycles. The van der Waals surface area contributed by atoms with E-state index in [9.17, 15) is 4.79 Å². The molecule has 1 heterocycles. The van der Waals surface area contributed by atoms with Gasteiger partial charge in [0.25, 0.3) is 0 Å². The Morgan fingerprint density at radius 1 is 1.08 bits per heavy atom. The quantitative estimate of drug-likeness (QED) is 0.731. The summed E-state index contributed by atoms with van der Waals surface area (Å²) in [6.45, 7) is 6.62. The van der Waals surface area contributed by atoms with Crippen molar-refractivity contribution in [3.05, 3.63) is 64.7 Å². The first-order chi connectivity index (χ1) is 12.6. The van der Waals surface area contributed by atoms with Gasteiger partial charge in [0.2, 0.25) is 0 Å². The number of carboxylic acids is 1. The molecule has 26 heavy (non-hydrogen) atoms. The van der Waals surface area contributed by atoms with E-state index in [1.165, 1.54) is 5.69 Å². The molecule has 0 bridgehead atoms. The third kappa shape index (κ3) is 5.21. The fourth-order valence-electron chi connectivity index (χ4n) is 3.19. The molecule has 6 heteroatoms. The lowest BCUT2D eigenvalue weighted by Crippen LogP contribution is -2.48. The summed E-state index contributed by atoms with van der Waals surface area (Å²) in [5, 5.41) is 13.2. The number of benzene rings is 2. The van der Waals surface area contributed by atoms with Gasteiger partial charge in [-0.15, -0.1) is 0 Å². The first-order valence-corrected chi connectivity index (χ1v) is 9.25. The van der Waals surface area contributed by atoms with Crippen molar-refractivity contribution in [2.24, 2.45) is 0 Å². The Kier molecular flexibility index (Phi) is 6.50. The number of halogens is 1. The summed E-state index contributed by atoms with van der Waals surface area (Å²) in [6.07, 6.45) is 0. The smallest absolute Gasteiger partial charge is 0.335 e.